The van der Waals surface area contributed by atoms with Gasteiger partial charge in [-0.05, 0) is 12.1 Å². The van der Waals surface area contributed by atoms with Crippen LogP contribution in [0.1, 0.15) is 0 Å². The Morgan fingerprint density at radius 1 is 1.37 bits per heavy atom. The maximum atomic E-state index is 11.7. The molecule has 19 heavy (non-hydrogen) atoms. The molecule has 2 aromatic rings. The first-order chi connectivity index (χ1) is 9.02. The Morgan fingerprint density at radius 2 is 2.11 bits per heavy atom. The summed E-state index contributed by atoms with van der Waals surface area (Å²) >= 11 is 1.55. The van der Waals surface area contributed by atoms with Crippen molar-refractivity contribution in [1.82, 2.24) is 9.88 Å². The largest absolute Gasteiger partial charge is 0.494 e. The van der Waals surface area contributed by atoms with Crippen LogP contribution in [0.2, 0.25) is 0 Å². The molecule has 0 spiro atoms. The Bertz CT molecular complexity index is 595. The number of hydrogen-bond acceptors (Lipinski definition) is 5. The quantitative estimate of drug-likeness (QED) is 0.856. The van der Waals surface area contributed by atoms with Crippen LogP contribution in [0.25, 0.3) is 10.2 Å². The van der Waals surface area contributed by atoms with Crippen LogP contribution in [0.15, 0.2) is 18.2 Å². The number of carbonyl (C=O) groups is 1. The molecule has 0 saturated heterocycles. The second-order valence-electron chi connectivity index (χ2n) is 4.45. The molecule has 0 aliphatic carbocycles. The number of fused-ring (bicyclic) bond motifs is 1. The Kier molecular flexibility index (Phi) is 3.90. The molecule has 1 amide bonds. The summed E-state index contributed by atoms with van der Waals surface area (Å²) in [5.41, 5.74) is 0.842. The van der Waals surface area contributed by atoms with Gasteiger partial charge in [0.2, 0.25) is 5.91 Å². The van der Waals surface area contributed by atoms with Crippen LogP contribution < -0.4 is 9.64 Å². The first-order valence-electron chi connectivity index (χ1n) is 5.87. The van der Waals surface area contributed by atoms with Gasteiger partial charge in [0.15, 0.2) is 5.13 Å². The molecule has 1 aromatic carbocycles. The minimum atomic E-state index is 0.0497. The van der Waals surface area contributed by atoms with Crippen LogP contribution >= 0.6 is 11.3 Å². The van der Waals surface area contributed by atoms with Gasteiger partial charge >= 0.3 is 0 Å². The second-order valence-corrected chi connectivity index (χ2v) is 5.46. The zero-order valence-electron chi connectivity index (χ0n) is 11.5. The van der Waals surface area contributed by atoms with Gasteiger partial charge in [-0.25, -0.2) is 4.98 Å². The zero-order chi connectivity index (χ0) is 14.0. The summed E-state index contributed by atoms with van der Waals surface area (Å²) < 4.78 is 6.34. The Labute approximate surface area is 116 Å². The smallest absolute Gasteiger partial charge is 0.241 e. The number of rotatable bonds is 4. The topological polar surface area (TPSA) is 45.7 Å². The lowest BCUT2D eigenvalue weighted by Gasteiger charge is -2.17. The number of amides is 1. The summed E-state index contributed by atoms with van der Waals surface area (Å²) in [6.07, 6.45) is 0. The Balaban J connectivity index is 2.28. The maximum absolute atomic E-state index is 11.7. The van der Waals surface area contributed by atoms with E-state index in [4.69, 9.17) is 4.74 Å². The van der Waals surface area contributed by atoms with Crippen LogP contribution in [0, 0.1) is 0 Å². The molecule has 0 bridgehead atoms. The monoisotopic (exact) mass is 279 g/mol. The number of nitrogens with zero attached hydrogens (tertiary/aromatic N) is 3. The number of ether oxygens (including phenoxy) is 1. The van der Waals surface area contributed by atoms with Crippen molar-refractivity contribution in [2.24, 2.45) is 0 Å². The standard InChI is InChI=1S/C13H17N3O2S/c1-15(2)11(17)8-16(3)13-14-12-9(18-4)6-5-7-10(12)19-13/h5-7H,8H2,1-4H3. The predicted molar refractivity (Wildman–Crippen MR) is 78.1 cm³/mol. The SMILES string of the molecule is COc1cccc2sc(N(C)CC(=O)N(C)C)nc12. The van der Waals surface area contributed by atoms with Crippen molar-refractivity contribution in [2.75, 3.05) is 39.7 Å². The normalized spacial score (nSPS) is 10.5. The van der Waals surface area contributed by atoms with Crippen LogP contribution in [0.5, 0.6) is 5.75 Å². The van der Waals surface area contributed by atoms with Crippen molar-refractivity contribution < 1.29 is 9.53 Å². The number of thiazole rings is 1. The summed E-state index contributed by atoms with van der Waals surface area (Å²) in [4.78, 5) is 19.7. The minimum absolute atomic E-state index is 0.0497. The highest BCUT2D eigenvalue weighted by atomic mass is 32.1. The van der Waals surface area contributed by atoms with E-state index in [1.54, 1.807) is 37.4 Å². The average molecular weight is 279 g/mol. The van der Waals surface area contributed by atoms with Gasteiger partial charge < -0.3 is 14.5 Å². The number of carbonyl (C=O) groups excluding carboxylic acids is 1. The molecule has 0 aliphatic rings. The van der Waals surface area contributed by atoms with E-state index in [0.29, 0.717) is 6.54 Å². The van der Waals surface area contributed by atoms with Crippen molar-refractivity contribution in [2.45, 2.75) is 0 Å². The molecular formula is C13H17N3O2S. The summed E-state index contributed by atoms with van der Waals surface area (Å²) in [7, 11) is 6.99. The molecular weight excluding hydrogens is 262 g/mol. The molecule has 0 aliphatic heterocycles. The van der Waals surface area contributed by atoms with Crippen LogP contribution in [-0.2, 0) is 4.79 Å². The van der Waals surface area contributed by atoms with E-state index in [1.807, 2.05) is 30.1 Å². The third kappa shape index (κ3) is 2.78. The van der Waals surface area contributed by atoms with Gasteiger partial charge in [-0.15, -0.1) is 0 Å². The van der Waals surface area contributed by atoms with Gasteiger partial charge in [0.25, 0.3) is 0 Å². The molecule has 102 valence electrons. The van der Waals surface area contributed by atoms with Crippen LogP contribution in [0.3, 0.4) is 0 Å². The molecule has 0 N–H and O–H groups in total. The van der Waals surface area contributed by atoms with Crippen LogP contribution in [-0.4, -0.2) is 50.6 Å². The number of likely N-dealkylation sites (N-methyl/N-ethyl adjacent to an activating group) is 2. The van der Waals surface area contributed by atoms with Gasteiger partial charge in [-0.2, -0.15) is 0 Å². The third-order valence-electron chi connectivity index (χ3n) is 2.79. The van der Waals surface area contributed by atoms with E-state index in [0.717, 1.165) is 21.1 Å². The lowest BCUT2D eigenvalue weighted by atomic mass is 10.3. The lowest BCUT2D eigenvalue weighted by molar-refractivity contribution is -0.127. The molecule has 0 saturated carbocycles. The summed E-state index contributed by atoms with van der Waals surface area (Å²) in [5, 5.41) is 0.815. The van der Waals surface area contributed by atoms with Crippen molar-refractivity contribution in [3.8, 4) is 5.75 Å². The Hall–Kier alpha value is -1.82. The number of aromatic nitrogens is 1. The highest BCUT2D eigenvalue weighted by Crippen LogP contribution is 2.33. The molecule has 0 fully saturated rings. The minimum Gasteiger partial charge on any atom is -0.494 e. The highest BCUT2D eigenvalue weighted by Gasteiger charge is 2.14. The molecule has 2 rings (SSSR count). The molecule has 1 heterocycles. The van der Waals surface area contributed by atoms with Gasteiger partial charge in [-0.1, -0.05) is 17.4 Å². The second kappa shape index (κ2) is 5.44. The van der Waals surface area contributed by atoms with Crippen LogP contribution in [0.4, 0.5) is 5.13 Å². The third-order valence-corrected chi connectivity index (χ3v) is 3.92. The fraction of sp³-hybridized carbons (Fsp3) is 0.385. The predicted octanol–water partition coefficient (Wildman–Crippen LogP) is 1.83. The molecule has 0 unspecified atom stereocenters. The van der Waals surface area contributed by atoms with Crippen molar-refractivity contribution in [1.29, 1.82) is 0 Å². The van der Waals surface area contributed by atoms with Crippen molar-refractivity contribution in [3.05, 3.63) is 18.2 Å². The first-order valence-corrected chi connectivity index (χ1v) is 6.69. The molecule has 6 heteroatoms. The first kappa shape index (κ1) is 13.6. The highest BCUT2D eigenvalue weighted by molar-refractivity contribution is 7.22. The maximum Gasteiger partial charge on any atom is 0.241 e. The summed E-state index contributed by atoms with van der Waals surface area (Å²) in [5.74, 6) is 0.807. The van der Waals surface area contributed by atoms with E-state index >= 15 is 0 Å². The number of methoxy groups -OCH3 is 1. The van der Waals surface area contributed by atoms with E-state index < -0.39 is 0 Å². The fourth-order valence-electron chi connectivity index (χ4n) is 1.65. The number of anilines is 1. The van der Waals surface area contributed by atoms with E-state index in [2.05, 4.69) is 4.98 Å². The summed E-state index contributed by atoms with van der Waals surface area (Å²) in [6, 6.07) is 5.82. The zero-order valence-corrected chi connectivity index (χ0v) is 12.3. The van der Waals surface area contributed by atoms with Crippen molar-refractivity contribution in [3.63, 3.8) is 0 Å². The Morgan fingerprint density at radius 3 is 2.74 bits per heavy atom. The number of hydrogen-bond donors (Lipinski definition) is 0. The van der Waals surface area contributed by atoms with E-state index in [1.165, 1.54) is 0 Å². The van der Waals surface area contributed by atoms with Gasteiger partial charge in [-0.3, -0.25) is 4.79 Å². The van der Waals surface area contributed by atoms with Crippen molar-refractivity contribution >= 4 is 32.6 Å². The molecule has 1 aromatic heterocycles. The lowest BCUT2D eigenvalue weighted by Crippen LogP contribution is -2.34. The summed E-state index contributed by atoms with van der Waals surface area (Å²) in [6.45, 7) is 0.315. The number of benzene rings is 1. The average Bonchev–Trinajstić information content (AvgIpc) is 2.82. The van der Waals surface area contributed by atoms with E-state index in [9.17, 15) is 4.79 Å². The van der Waals surface area contributed by atoms with Gasteiger partial charge in [0.05, 0.1) is 18.4 Å². The number of para-hydroxylation sites is 1. The van der Waals surface area contributed by atoms with E-state index in [-0.39, 0.29) is 5.91 Å². The van der Waals surface area contributed by atoms with Gasteiger partial charge in [0, 0.05) is 21.1 Å². The molecule has 5 nitrogen and oxygen atoms in total. The fourth-order valence-corrected chi connectivity index (χ4v) is 2.60. The molecule has 0 atom stereocenters. The molecule has 0 radical (unpaired) electrons. The van der Waals surface area contributed by atoms with Gasteiger partial charge in [0.1, 0.15) is 11.3 Å².